The van der Waals surface area contributed by atoms with Crippen molar-refractivity contribution in [1.82, 2.24) is 0 Å². The van der Waals surface area contributed by atoms with Crippen LogP contribution in [0, 0.1) is 5.41 Å². The number of rotatable bonds is 7. The molecule has 0 aliphatic rings. The molecule has 0 aromatic rings. The van der Waals surface area contributed by atoms with E-state index in [1.165, 1.54) is 0 Å². The quantitative estimate of drug-likeness (QED) is 0.544. The van der Waals surface area contributed by atoms with Gasteiger partial charge in [-0.15, -0.1) is 0 Å². The maximum atomic E-state index is 11.5. The van der Waals surface area contributed by atoms with Gasteiger partial charge in [0.05, 0.1) is 19.0 Å². The SMILES string of the molecule is CCOC(=O)C(N)CCS(=O)(=O)OCC(C)(C)C. The third kappa shape index (κ3) is 8.43. The smallest absolute Gasteiger partial charge is 0.322 e. The Labute approximate surface area is 109 Å². The molecule has 0 bridgehead atoms. The molecule has 0 aromatic heterocycles. The Morgan fingerprint density at radius 2 is 1.89 bits per heavy atom. The van der Waals surface area contributed by atoms with Crippen molar-refractivity contribution < 1.29 is 22.1 Å². The zero-order valence-corrected chi connectivity index (χ0v) is 12.2. The lowest BCUT2D eigenvalue weighted by atomic mass is 9.99. The number of nitrogens with two attached hydrogens (primary N) is 1. The van der Waals surface area contributed by atoms with E-state index in [0.29, 0.717) is 0 Å². The van der Waals surface area contributed by atoms with Gasteiger partial charge in [0.2, 0.25) is 0 Å². The second-order valence-corrected chi connectivity index (χ2v) is 6.99. The number of hydrogen-bond acceptors (Lipinski definition) is 6. The molecule has 0 fully saturated rings. The van der Waals surface area contributed by atoms with Gasteiger partial charge >= 0.3 is 5.97 Å². The highest BCUT2D eigenvalue weighted by Gasteiger charge is 2.21. The van der Waals surface area contributed by atoms with Crippen molar-refractivity contribution in [3.05, 3.63) is 0 Å². The van der Waals surface area contributed by atoms with Gasteiger partial charge in [-0.2, -0.15) is 8.42 Å². The summed E-state index contributed by atoms with van der Waals surface area (Å²) in [6.07, 6.45) is -0.00862. The standard InChI is InChI=1S/C11H23NO5S/c1-5-16-10(13)9(12)6-7-18(14,15)17-8-11(2,3)4/h9H,5-8,12H2,1-4H3. The van der Waals surface area contributed by atoms with Crippen LogP contribution in [0.15, 0.2) is 0 Å². The first kappa shape index (κ1) is 17.3. The Hall–Kier alpha value is -0.660. The molecule has 1 unspecified atom stereocenters. The first-order valence-corrected chi connectivity index (χ1v) is 7.44. The molecule has 0 radical (unpaired) electrons. The highest BCUT2D eigenvalue weighted by molar-refractivity contribution is 7.86. The highest BCUT2D eigenvalue weighted by atomic mass is 32.2. The van der Waals surface area contributed by atoms with Crippen LogP contribution in [0.3, 0.4) is 0 Å². The van der Waals surface area contributed by atoms with Crippen molar-refractivity contribution in [2.75, 3.05) is 19.0 Å². The largest absolute Gasteiger partial charge is 0.465 e. The normalized spacial score (nSPS) is 14.3. The van der Waals surface area contributed by atoms with E-state index >= 15 is 0 Å². The molecule has 2 N–H and O–H groups in total. The summed E-state index contributed by atoms with van der Waals surface area (Å²) in [5.41, 5.74) is 5.26. The minimum Gasteiger partial charge on any atom is -0.465 e. The van der Waals surface area contributed by atoms with Crippen LogP contribution in [0.25, 0.3) is 0 Å². The van der Waals surface area contributed by atoms with E-state index in [4.69, 9.17) is 9.92 Å². The molecular formula is C11H23NO5S. The molecule has 0 aliphatic heterocycles. The molecule has 6 nitrogen and oxygen atoms in total. The summed E-state index contributed by atoms with van der Waals surface area (Å²) in [7, 11) is -3.65. The van der Waals surface area contributed by atoms with Crippen molar-refractivity contribution in [1.29, 1.82) is 0 Å². The Morgan fingerprint density at radius 3 is 2.33 bits per heavy atom. The van der Waals surface area contributed by atoms with E-state index in [1.807, 2.05) is 20.8 Å². The van der Waals surface area contributed by atoms with E-state index < -0.39 is 22.1 Å². The summed E-state index contributed by atoms with van der Waals surface area (Å²) in [6, 6.07) is -0.932. The maximum absolute atomic E-state index is 11.5. The van der Waals surface area contributed by atoms with Crippen LogP contribution in [0.2, 0.25) is 0 Å². The average molecular weight is 281 g/mol. The van der Waals surface area contributed by atoms with Crippen molar-refractivity contribution in [3.63, 3.8) is 0 Å². The van der Waals surface area contributed by atoms with E-state index in [1.54, 1.807) is 6.92 Å². The Bertz CT molecular complexity index is 358. The maximum Gasteiger partial charge on any atom is 0.322 e. The molecule has 108 valence electrons. The van der Waals surface area contributed by atoms with Crippen LogP contribution in [0.1, 0.15) is 34.1 Å². The van der Waals surface area contributed by atoms with Crippen molar-refractivity contribution in [2.45, 2.75) is 40.2 Å². The molecule has 0 saturated carbocycles. The minimum atomic E-state index is -3.65. The van der Waals surface area contributed by atoms with Gasteiger partial charge in [-0.25, -0.2) is 0 Å². The van der Waals surface area contributed by atoms with Crippen molar-refractivity contribution in [2.24, 2.45) is 11.1 Å². The number of carbonyl (C=O) groups is 1. The zero-order valence-electron chi connectivity index (χ0n) is 11.4. The van der Waals surface area contributed by atoms with Gasteiger partial charge in [0.25, 0.3) is 10.1 Å². The molecule has 7 heteroatoms. The first-order chi connectivity index (χ1) is 8.07. The predicted octanol–water partition coefficient (Wildman–Crippen LogP) is 0.659. The summed E-state index contributed by atoms with van der Waals surface area (Å²) < 4.78 is 32.6. The molecule has 0 saturated heterocycles. The summed E-state index contributed by atoms with van der Waals surface area (Å²) in [5, 5.41) is 0. The lowest BCUT2D eigenvalue weighted by molar-refractivity contribution is -0.144. The molecule has 1 atom stereocenters. The van der Waals surface area contributed by atoms with Crippen LogP contribution in [-0.2, 0) is 23.8 Å². The van der Waals surface area contributed by atoms with Crippen molar-refractivity contribution >= 4 is 16.1 Å². The second-order valence-electron chi connectivity index (χ2n) is 5.23. The molecule has 0 spiro atoms. The van der Waals surface area contributed by atoms with E-state index in [0.717, 1.165) is 0 Å². The molecule has 18 heavy (non-hydrogen) atoms. The van der Waals surface area contributed by atoms with Crippen molar-refractivity contribution in [3.8, 4) is 0 Å². The lowest BCUT2D eigenvalue weighted by Gasteiger charge is -2.18. The molecule has 0 heterocycles. The number of ether oxygens (including phenoxy) is 1. The van der Waals surface area contributed by atoms with Crippen LogP contribution >= 0.6 is 0 Å². The third-order valence-electron chi connectivity index (χ3n) is 1.94. The number of esters is 1. The molecule has 0 aromatic carbocycles. The minimum absolute atomic E-state index is 0.00862. The topological polar surface area (TPSA) is 95.7 Å². The Balaban J connectivity index is 4.15. The summed E-state index contributed by atoms with van der Waals surface area (Å²) in [6.45, 7) is 7.59. The molecule has 0 rings (SSSR count). The van der Waals surface area contributed by atoms with E-state index in [2.05, 4.69) is 4.74 Å². The van der Waals surface area contributed by atoms with Crippen LogP contribution in [0.4, 0.5) is 0 Å². The second kappa shape index (κ2) is 7.06. The molecule has 0 amide bonds. The number of hydrogen-bond donors (Lipinski definition) is 1. The van der Waals surface area contributed by atoms with Crippen LogP contribution in [-0.4, -0.2) is 39.4 Å². The van der Waals surface area contributed by atoms with Gasteiger partial charge < -0.3 is 10.5 Å². The van der Waals surface area contributed by atoms with Crippen LogP contribution < -0.4 is 5.73 Å². The molecule has 0 aliphatic carbocycles. The van der Waals surface area contributed by atoms with E-state index in [-0.39, 0.29) is 30.8 Å². The van der Waals surface area contributed by atoms with Gasteiger partial charge in [-0.3, -0.25) is 8.98 Å². The van der Waals surface area contributed by atoms with Gasteiger partial charge in [0, 0.05) is 0 Å². The first-order valence-electron chi connectivity index (χ1n) is 5.87. The molecular weight excluding hydrogens is 258 g/mol. The fourth-order valence-electron chi connectivity index (χ4n) is 0.964. The average Bonchev–Trinajstić information content (AvgIpc) is 2.23. The monoisotopic (exact) mass is 281 g/mol. The van der Waals surface area contributed by atoms with Gasteiger partial charge in [-0.1, -0.05) is 20.8 Å². The third-order valence-corrected chi connectivity index (χ3v) is 3.15. The van der Waals surface area contributed by atoms with Gasteiger partial charge in [0.1, 0.15) is 6.04 Å². The lowest BCUT2D eigenvalue weighted by Crippen LogP contribution is -2.34. The predicted molar refractivity (Wildman–Crippen MR) is 68.4 cm³/mol. The Morgan fingerprint density at radius 1 is 1.33 bits per heavy atom. The zero-order chi connectivity index (χ0) is 14.4. The fourth-order valence-corrected chi connectivity index (χ4v) is 2.16. The summed E-state index contributed by atoms with van der Waals surface area (Å²) in [5.74, 6) is -0.883. The Kier molecular flexibility index (Phi) is 6.80. The van der Waals surface area contributed by atoms with Gasteiger partial charge in [-0.05, 0) is 18.8 Å². The fraction of sp³-hybridized carbons (Fsp3) is 0.909. The van der Waals surface area contributed by atoms with E-state index in [9.17, 15) is 13.2 Å². The van der Waals surface area contributed by atoms with Gasteiger partial charge in [0.15, 0.2) is 0 Å². The number of carbonyl (C=O) groups excluding carboxylic acids is 1. The van der Waals surface area contributed by atoms with Crippen LogP contribution in [0.5, 0.6) is 0 Å². The highest BCUT2D eigenvalue weighted by Crippen LogP contribution is 2.15. The summed E-state index contributed by atoms with van der Waals surface area (Å²) in [4.78, 5) is 11.2. The summed E-state index contributed by atoms with van der Waals surface area (Å²) >= 11 is 0.